The van der Waals surface area contributed by atoms with E-state index in [9.17, 15) is 0 Å². The number of ether oxygens (including phenoxy) is 1. The Morgan fingerprint density at radius 3 is 2.45 bits per heavy atom. The van der Waals surface area contributed by atoms with Gasteiger partial charge in [0.1, 0.15) is 0 Å². The lowest BCUT2D eigenvalue weighted by Gasteiger charge is -2.37. The molecule has 2 aromatic rings. The molecule has 0 bridgehead atoms. The lowest BCUT2D eigenvalue weighted by molar-refractivity contribution is 0.0530. The van der Waals surface area contributed by atoms with Crippen molar-refractivity contribution in [2.45, 2.75) is 37.5 Å². The van der Waals surface area contributed by atoms with Crippen molar-refractivity contribution >= 4 is 5.96 Å². The average Bonchev–Trinajstić information content (AvgIpc) is 3.29. The second-order valence-corrected chi connectivity index (χ2v) is 8.27. The van der Waals surface area contributed by atoms with Crippen LogP contribution in [-0.4, -0.2) is 50.3 Å². The van der Waals surface area contributed by atoms with Crippen molar-refractivity contribution in [1.82, 2.24) is 10.2 Å². The number of guanidine groups is 1. The number of hydrogen-bond acceptors (Lipinski definition) is 2. The number of likely N-dealkylation sites (tertiary alicyclic amines) is 1. The molecule has 0 amide bonds. The SMILES string of the molecule is CCNC(=NCC1(c2ccccc2)CCOCC1)N1CCC(c2ccccc2)C1. The normalized spacial score (nSPS) is 21.9. The van der Waals surface area contributed by atoms with Crippen molar-refractivity contribution in [3.8, 4) is 0 Å². The fourth-order valence-corrected chi connectivity index (χ4v) is 4.69. The van der Waals surface area contributed by atoms with Gasteiger partial charge < -0.3 is 15.0 Å². The quantitative estimate of drug-likeness (QED) is 0.613. The Balaban J connectivity index is 1.52. The number of aliphatic imine (C=N–C) groups is 1. The molecule has 0 aromatic heterocycles. The second-order valence-electron chi connectivity index (χ2n) is 8.27. The minimum absolute atomic E-state index is 0.0821. The van der Waals surface area contributed by atoms with Crippen LogP contribution in [0.3, 0.4) is 0 Å². The average molecular weight is 392 g/mol. The molecule has 1 unspecified atom stereocenters. The van der Waals surface area contributed by atoms with E-state index in [1.807, 2.05) is 0 Å². The predicted molar refractivity (Wildman–Crippen MR) is 120 cm³/mol. The van der Waals surface area contributed by atoms with E-state index in [1.54, 1.807) is 0 Å². The Labute approximate surface area is 175 Å². The van der Waals surface area contributed by atoms with Gasteiger partial charge in [0, 0.05) is 44.2 Å². The largest absolute Gasteiger partial charge is 0.381 e. The molecule has 2 aromatic carbocycles. The van der Waals surface area contributed by atoms with E-state index in [1.165, 1.54) is 17.5 Å². The van der Waals surface area contributed by atoms with Crippen molar-refractivity contribution < 1.29 is 4.74 Å². The van der Waals surface area contributed by atoms with Gasteiger partial charge in [0.2, 0.25) is 0 Å². The van der Waals surface area contributed by atoms with E-state index in [-0.39, 0.29) is 5.41 Å². The molecular formula is C25H33N3O. The first-order valence-corrected chi connectivity index (χ1v) is 11.0. The highest BCUT2D eigenvalue weighted by Crippen LogP contribution is 2.35. The standard InChI is InChI=1S/C25H33N3O/c1-2-26-24(28-16-13-22(19-28)21-9-5-3-6-10-21)27-20-25(14-17-29-18-15-25)23-11-7-4-8-12-23/h3-12,22H,2,13-20H2,1H3,(H,26,27). The lowest BCUT2D eigenvalue weighted by Crippen LogP contribution is -2.42. The van der Waals surface area contributed by atoms with Gasteiger partial charge in [0.25, 0.3) is 0 Å². The molecule has 2 fully saturated rings. The monoisotopic (exact) mass is 391 g/mol. The summed E-state index contributed by atoms with van der Waals surface area (Å²) in [6.45, 7) is 7.61. The molecule has 2 aliphatic rings. The topological polar surface area (TPSA) is 36.9 Å². The fourth-order valence-electron chi connectivity index (χ4n) is 4.69. The predicted octanol–water partition coefficient (Wildman–Crippen LogP) is 4.19. The Morgan fingerprint density at radius 1 is 1.07 bits per heavy atom. The van der Waals surface area contributed by atoms with Gasteiger partial charge in [-0.15, -0.1) is 0 Å². The molecule has 1 N–H and O–H groups in total. The molecule has 4 nitrogen and oxygen atoms in total. The number of hydrogen-bond donors (Lipinski definition) is 1. The number of rotatable bonds is 5. The fraction of sp³-hybridized carbons (Fsp3) is 0.480. The van der Waals surface area contributed by atoms with E-state index in [0.717, 1.165) is 58.2 Å². The summed E-state index contributed by atoms with van der Waals surface area (Å²) in [4.78, 5) is 7.62. The summed E-state index contributed by atoms with van der Waals surface area (Å²) in [6.07, 6.45) is 3.26. The molecule has 29 heavy (non-hydrogen) atoms. The smallest absolute Gasteiger partial charge is 0.193 e. The van der Waals surface area contributed by atoms with Gasteiger partial charge in [-0.3, -0.25) is 4.99 Å². The van der Waals surface area contributed by atoms with Crippen molar-refractivity contribution in [2.75, 3.05) is 39.4 Å². The summed E-state index contributed by atoms with van der Waals surface area (Å²) in [6, 6.07) is 21.8. The van der Waals surface area contributed by atoms with Crippen LogP contribution >= 0.6 is 0 Å². The molecule has 1 atom stereocenters. The van der Waals surface area contributed by atoms with Crippen LogP contribution in [0, 0.1) is 0 Å². The zero-order valence-corrected chi connectivity index (χ0v) is 17.5. The molecule has 4 rings (SSSR count). The first-order valence-electron chi connectivity index (χ1n) is 11.0. The molecule has 4 heteroatoms. The van der Waals surface area contributed by atoms with Crippen molar-refractivity contribution in [1.29, 1.82) is 0 Å². The summed E-state index contributed by atoms with van der Waals surface area (Å²) < 4.78 is 5.69. The molecule has 2 heterocycles. The maximum Gasteiger partial charge on any atom is 0.193 e. The molecule has 0 radical (unpaired) electrons. The minimum Gasteiger partial charge on any atom is -0.381 e. The van der Waals surface area contributed by atoms with E-state index < -0.39 is 0 Å². The molecule has 2 saturated heterocycles. The van der Waals surface area contributed by atoms with Gasteiger partial charge in [-0.05, 0) is 37.3 Å². The van der Waals surface area contributed by atoms with Gasteiger partial charge in [0.05, 0.1) is 6.54 Å². The van der Waals surface area contributed by atoms with Gasteiger partial charge in [-0.1, -0.05) is 60.7 Å². The zero-order chi connectivity index (χ0) is 19.9. The molecule has 0 spiro atoms. The summed E-state index contributed by atoms with van der Waals surface area (Å²) in [5, 5.41) is 3.55. The van der Waals surface area contributed by atoms with Crippen LogP contribution in [-0.2, 0) is 10.2 Å². The molecule has 0 saturated carbocycles. The van der Waals surface area contributed by atoms with Gasteiger partial charge in [-0.2, -0.15) is 0 Å². The first kappa shape index (κ1) is 20.0. The summed E-state index contributed by atoms with van der Waals surface area (Å²) >= 11 is 0. The van der Waals surface area contributed by atoms with Gasteiger partial charge >= 0.3 is 0 Å². The number of nitrogens with one attached hydrogen (secondary N) is 1. The Morgan fingerprint density at radius 2 is 1.76 bits per heavy atom. The number of nitrogens with zero attached hydrogens (tertiary/aromatic N) is 2. The van der Waals surface area contributed by atoms with Crippen LogP contribution in [0.1, 0.15) is 43.2 Å². The zero-order valence-electron chi connectivity index (χ0n) is 17.5. The summed E-state index contributed by atoms with van der Waals surface area (Å²) in [5.74, 6) is 1.65. The van der Waals surface area contributed by atoms with Crippen LogP contribution in [0.5, 0.6) is 0 Å². The maximum absolute atomic E-state index is 5.69. The summed E-state index contributed by atoms with van der Waals surface area (Å²) in [7, 11) is 0. The Hall–Kier alpha value is -2.33. The second kappa shape index (κ2) is 9.45. The third-order valence-electron chi connectivity index (χ3n) is 6.46. The van der Waals surface area contributed by atoms with Crippen LogP contribution in [0.2, 0.25) is 0 Å². The Bertz CT molecular complexity index is 784. The van der Waals surface area contributed by atoms with Crippen LogP contribution in [0.4, 0.5) is 0 Å². The number of benzene rings is 2. The van der Waals surface area contributed by atoms with E-state index in [2.05, 4.69) is 77.8 Å². The lowest BCUT2D eigenvalue weighted by atomic mass is 9.74. The van der Waals surface area contributed by atoms with Crippen molar-refractivity contribution in [3.63, 3.8) is 0 Å². The van der Waals surface area contributed by atoms with Gasteiger partial charge in [0.15, 0.2) is 5.96 Å². The molecule has 154 valence electrons. The Kier molecular flexibility index (Phi) is 6.50. The minimum atomic E-state index is 0.0821. The van der Waals surface area contributed by atoms with E-state index in [0.29, 0.717) is 5.92 Å². The maximum atomic E-state index is 5.69. The van der Waals surface area contributed by atoms with Crippen LogP contribution < -0.4 is 5.32 Å². The molecule has 2 aliphatic heterocycles. The van der Waals surface area contributed by atoms with Gasteiger partial charge in [-0.25, -0.2) is 0 Å². The van der Waals surface area contributed by atoms with Crippen molar-refractivity contribution in [2.24, 2.45) is 4.99 Å². The third-order valence-corrected chi connectivity index (χ3v) is 6.46. The summed E-state index contributed by atoms with van der Waals surface area (Å²) in [5.41, 5.74) is 2.92. The highest BCUT2D eigenvalue weighted by Gasteiger charge is 2.35. The van der Waals surface area contributed by atoms with Crippen LogP contribution in [0.25, 0.3) is 0 Å². The van der Waals surface area contributed by atoms with E-state index >= 15 is 0 Å². The van der Waals surface area contributed by atoms with Crippen molar-refractivity contribution in [3.05, 3.63) is 71.8 Å². The third kappa shape index (κ3) is 4.64. The first-order chi connectivity index (χ1) is 14.3. The highest BCUT2D eigenvalue weighted by atomic mass is 16.5. The molecular weight excluding hydrogens is 358 g/mol. The van der Waals surface area contributed by atoms with E-state index in [4.69, 9.17) is 9.73 Å². The van der Waals surface area contributed by atoms with Crippen LogP contribution in [0.15, 0.2) is 65.7 Å². The highest BCUT2D eigenvalue weighted by molar-refractivity contribution is 5.80. The molecule has 0 aliphatic carbocycles.